The highest BCUT2D eigenvalue weighted by atomic mass is 15.1. The number of hydrogen-bond acceptors (Lipinski definition) is 1. The minimum atomic E-state index is -0.209. The van der Waals surface area contributed by atoms with Crippen LogP contribution in [0.25, 0.3) is 44.2 Å². The molecule has 2 unspecified atom stereocenters. The summed E-state index contributed by atoms with van der Waals surface area (Å²) in [4.78, 5) is 2.45. The van der Waals surface area contributed by atoms with Crippen molar-refractivity contribution in [1.82, 2.24) is 0 Å². The third-order valence-electron chi connectivity index (χ3n) is 14.4. The SMILES string of the molecule is CC1(C)c2ccccc2-c2ccc(N(c3ccccc3)c3ccc4c(c3)C(C)(C)c3cc(C5=c6ccccc6=C(c6ccc7ccccc7c6)C6C=CC=CC56)ccc3-4)cc21. The summed E-state index contributed by atoms with van der Waals surface area (Å²) in [5, 5.41) is 5.23. The van der Waals surface area contributed by atoms with Crippen LogP contribution in [0.5, 0.6) is 0 Å². The molecule has 12 rings (SSSR count). The third-order valence-corrected chi connectivity index (χ3v) is 14.4. The number of para-hydroxylation sites is 1. The third kappa shape index (κ3) is 5.33. The summed E-state index contributed by atoms with van der Waals surface area (Å²) in [6, 6.07) is 66.2. The van der Waals surface area contributed by atoms with Gasteiger partial charge in [0.2, 0.25) is 0 Å². The van der Waals surface area contributed by atoms with Gasteiger partial charge in [-0.3, -0.25) is 0 Å². The summed E-state index contributed by atoms with van der Waals surface area (Å²) in [6.45, 7) is 9.57. The lowest BCUT2D eigenvalue weighted by atomic mass is 9.69. The van der Waals surface area contributed by atoms with Gasteiger partial charge in [0, 0.05) is 39.7 Å². The summed E-state index contributed by atoms with van der Waals surface area (Å²) >= 11 is 0. The maximum absolute atomic E-state index is 2.53. The number of benzene rings is 8. The fourth-order valence-electron chi connectivity index (χ4n) is 11.4. The molecular formula is C60H47N. The molecule has 2 atom stereocenters. The molecule has 0 heterocycles. The van der Waals surface area contributed by atoms with E-state index in [0.29, 0.717) is 0 Å². The molecule has 0 saturated heterocycles. The topological polar surface area (TPSA) is 3.24 Å². The highest BCUT2D eigenvalue weighted by Gasteiger charge is 2.39. The van der Waals surface area contributed by atoms with Gasteiger partial charge in [0.25, 0.3) is 0 Å². The second kappa shape index (κ2) is 13.3. The van der Waals surface area contributed by atoms with E-state index >= 15 is 0 Å². The van der Waals surface area contributed by atoms with Gasteiger partial charge in [0.05, 0.1) is 0 Å². The van der Waals surface area contributed by atoms with Crippen molar-refractivity contribution in [3.05, 3.63) is 244 Å². The lowest BCUT2D eigenvalue weighted by molar-refractivity contribution is 0.658. The van der Waals surface area contributed by atoms with Crippen LogP contribution in [-0.4, -0.2) is 0 Å². The quantitative estimate of drug-likeness (QED) is 0.168. The van der Waals surface area contributed by atoms with Crippen LogP contribution in [0.3, 0.4) is 0 Å². The lowest BCUT2D eigenvalue weighted by Gasteiger charge is -2.34. The summed E-state index contributed by atoms with van der Waals surface area (Å²) in [6.07, 6.45) is 9.36. The van der Waals surface area contributed by atoms with Gasteiger partial charge in [-0.2, -0.15) is 0 Å². The summed E-state index contributed by atoms with van der Waals surface area (Å²) in [5.41, 5.74) is 19.5. The number of hydrogen-bond donors (Lipinski definition) is 0. The van der Waals surface area contributed by atoms with Crippen LogP contribution in [0.2, 0.25) is 0 Å². The van der Waals surface area contributed by atoms with Crippen molar-refractivity contribution in [2.45, 2.75) is 38.5 Å². The van der Waals surface area contributed by atoms with Crippen LogP contribution < -0.4 is 15.3 Å². The molecule has 0 fully saturated rings. The molecule has 61 heavy (non-hydrogen) atoms. The molecule has 292 valence electrons. The Morgan fingerprint density at radius 3 is 1.49 bits per heavy atom. The first-order chi connectivity index (χ1) is 29.8. The van der Waals surface area contributed by atoms with Gasteiger partial charge in [-0.1, -0.05) is 179 Å². The van der Waals surface area contributed by atoms with Crippen LogP contribution >= 0.6 is 0 Å². The molecule has 0 bridgehead atoms. The Morgan fingerprint density at radius 2 is 0.836 bits per heavy atom. The first kappa shape index (κ1) is 35.9. The molecule has 8 aromatic rings. The van der Waals surface area contributed by atoms with Crippen LogP contribution in [0.15, 0.2) is 200 Å². The van der Waals surface area contributed by atoms with E-state index in [1.165, 1.54) is 99.4 Å². The van der Waals surface area contributed by atoms with Gasteiger partial charge in [-0.15, -0.1) is 0 Å². The van der Waals surface area contributed by atoms with E-state index in [1.807, 2.05) is 0 Å². The maximum Gasteiger partial charge on any atom is 0.0465 e. The molecule has 0 radical (unpaired) electrons. The minimum absolute atomic E-state index is 0.0831. The zero-order chi connectivity index (χ0) is 41.0. The molecule has 0 N–H and O–H groups in total. The first-order valence-corrected chi connectivity index (χ1v) is 21.8. The van der Waals surface area contributed by atoms with E-state index in [4.69, 9.17) is 0 Å². The molecule has 0 aliphatic heterocycles. The Kier molecular flexibility index (Phi) is 7.82. The van der Waals surface area contributed by atoms with E-state index in [9.17, 15) is 0 Å². The predicted octanol–water partition coefficient (Wildman–Crippen LogP) is 13.7. The number of rotatable bonds is 5. The zero-order valence-electron chi connectivity index (χ0n) is 35.2. The molecule has 0 saturated carbocycles. The second-order valence-electron chi connectivity index (χ2n) is 18.4. The Hall–Kier alpha value is -6.96. The van der Waals surface area contributed by atoms with Crippen LogP contribution in [0.1, 0.15) is 61.1 Å². The van der Waals surface area contributed by atoms with Crippen molar-refractivity contribution in [3.63, 3.8) is 0 Å². The highest BCUT2D eigenvalue weighted by molar-refractivity contribution is 5.91. The Balaban J connectivity index is 0.989. The van der Waals surface area contributed by atoms with Gasteiger partial charge in [-0.05, 0) is 137 Å². The van der Waals surface area contributed by atoms with Crippen molar-refractivity contribution in [3.8, 4) is 22.3 Å². The normalized spacial score (nSPS) is 18.2. The Labute approximate surface area is 359 Å². The van der Waals surface area contributed by atoms with Crippen molar-refractivity contribution in [2.24, 2.45) is 11.8 Å². The molecule has 4 aliphatic rings. The number of fused-ring (bicyclic) bond motifs is 9. The summed E-state index contributed by atoms with van der Waals surface area (Å²) < 4.78 is 0. The molecule has 0 aromatic heterocycles. The molecular weight excluding hydrogens is 735 g/mol. The van der Waals surface area contributed by atoms with Crippen LogP contribution in [-0.2, 0) is 10.8 Å². The summed E-state index contributed by atoms with van der Waals surface area (Å²) in [7, 11) is 0. The molecule has 0 amide bonds. The fourth-order valence-corrected chi connectivity index (χ4v) is 11.4. The Morgan fingerprint density at radius 1 is 0.361 bits per heavy atom. The van der Waals surface area contributed by atoms with Gasteiger partial charge < -0.3 is 4.90 Å². The maximum atomic E-state index is 2.53. The van der Waals surface area contributed by atoms with Crippen molar-refractivity contribution in [1.29, 1.82) is 0 Å². The average molecular weight is 782 g/mol. The molecule has 8 aromatic carbocycles. The van der Waals surface area contributed by atoms with Crippen LogP contribution in [0, 0.1) is 11.8 Å². The number of allylic oxidation sites excluding steroid dienone is 4. The second-order valence-corrected chi connectivity index (χ2v) is 18.4. The van der Waals surface area contributed by atoms with Crippen molar-refractivity contribution < 1.29 is 0 Å². The molecule has 1 nitrogen and oxygen atoms in total. The minimum Gasteiger partial charge on any atom is -0.310 e. The predicted molar refractivity (Wildman–Crippen MR) is 256 cm³/mol. The van der Waals surface area contributed by atoms with E-state index < -0.39 is 0 Å². The lowest BCUT2D eigenvalue weighted by Crippen LogP contribution is -2.40. The summed E-state index contributed by atoms with van der Waals surface area (Å²) in [5.74, 6) is 0.461. The first-order valence-electron chi connectivity index (χ1n) is 21.8. The molecule has 0 spiro atoms. The van der Waals surface area contributed by atoms with Gasteiger partial charge in [-0.25, -0.2) is 0 Å². The van der Waals surface area contributed by atoms with E-state index in [-0.39, 0.29) is 22.7 Å². The fraction of sp³-hybridized carbons (Fsp3) is 0.133. The average Bonchev–Trinajstić information content (AvgIpc) is 3.67. The van der Waals surface area contributed by atoms with Crippen molar-refractivity contribution in [2.75, 3.05) is 4.90 Å². The van der Waals surface area contributed by atoms with E-state index in [2.05, 4.69) is 233 Å². The zero-order valence-corrected chi connectivity index (χ0v) is 35.2. The largest absolute Gasteiger partial charge is 0.310 e. The van der Waals surface area contributed by atoms with Gasteiger partial charge >= 0.3 is 0 Å². The van der Waals surface area contributed by atoms with Gasteiger partial charge in [0.15, 0.2) is 0 Å². The van der Waals surface area contributed by atoms with E-state index in [1.54, 1.807) is 0 Å². The molecule has 4 aliphatic carbocycles. The Bertz CT molecular complexity index is 3320. The molecule has 1 heteroatoms. The number of anilines is 3. The van der Waals surface area contributed by atoms with Crippen LogP contribution in [0.4, 0.5) is 17.1 Å². The number of nitrogens with zero attached hydrogens (tertiary/aromatic N) is 1. The van der Waals surface area contributed by atoms with E-state index in [0.717, 1.165) is 5.69 Å². The van der Waals surface area contributed by atoms with Crippen molar-refractivity contribution >= 4 is 39.0 Å². The monoisotopic (exact) mass is 781 g/mol. The standard InChI is InChI=1S/C60H47N/c1-59(2)53-25-15-14-20-45(53)47-32-29-43(36-55(47)59)61(42-18-6-5-7-19-42)44-30-33-48-46-31-28-41(35-54(46)60(3,4)56(48)37-44)58-51-23-12-10-21-49(51)57(50-22-11-13-24-52(50)58)40-27-26-38-16-8-9-17-39(38)34-40/h5-37,49,51H,1-4H3. The highest BCUT2D eigenvalue weighted by Crippen LogP contribution is 2.54. The smallest absolute Gasteiger partial charge is 0.0465 e. The van der Waals surface area contributed by atoms with Gasteiger partial charge in [0.1, 0.15) is 0 Å².